The number of piperazine rings is 1. The first-order valence-corrected chi connectivity index (χ1v) is 15.1. The lowest BCUT2D eigenvalue weighted by molar-refractivity contribution is -0.162. The van der Waals surface area contributed by atoms with Crippen molar-refractivity contribution in [3.8, 4) is 0 Å². The van der Waals surface area contributed by atoms with Gasteiger partial charge in [-0.2, -0.15) is 0 Å². The molecule has 2 saturated heterocycles. The van der Waals surface area contributed by atoms with E-state index in [1.807, 2.05) is 24.0 Å². The van der Waals surface area contributed by atoms with Crippen molar-refractivity contribution in [2.45, 2.75) is 96.2 Å². The molecule has 5 rings (SSSR count). The Kier molecular flexibility index (Phi) is 8.36. The van der Waals surface area contributed by atoms with E-state index in [2.05, 4.69) is 35.1 Å². The Morgan fingerprint density at radius 1 is 1.07 bits per heavy atom. The van der Waals surface area contributed by atoms with E-state index >= 15 is 0 Å². The molecule has 2 unspecified atom stereocenters. The molecule has 0 radical (unpaired) electrons. The Bertz CT molecular complexity index is 1220. The van der Waals surface area contributed by atoms with Gasteiger partial charge in [-0.1, -0.05) is 51.2 Å². The van der Waals surface area contributed by atoms with Crippen LogP contribution in [0.15, 0.2) is 30.3 Å². The molecule has 1 spiro atoms. The monoisotopic (exact) mass is 548 g/mol. The molecule has 1 saturated carbocycles. The van der Waals surface area contributed by atoms with Crippen molar-refractivity contribution >= 4 is 17.8 Å². The predicted molar refractivity (Wildman–Crippen MR) is 154 cm³/mol. The molecule has 0 bridgehead atoms. The van der Waals surface area contributed by atoms with Gasteiger partial charge in [0, 0.05) is 31.0 Å². The molecule has 3 fully saturated rings. The molecule has 216 valence electrons. The number of benzene rings is 1. The highest BCUT2D eigenvalue weighted by atomic mass is 16.4. The van der Waals surface area contributed by atoms with E-state index in [9.17, 15) is 19.5 Å². The maximum Gasteiger partial charge on any atom is 0.335 e. The molecule has 8 heteroatoms. The number of nitrogens with zero attached hydrogens (tertiary/aromatic N) is 2. The summed E-state index contributed by atoms with van der Waals surface area (Å²) in [5, 5.41) is 12.6. The fourth-order valence-electron chi connectivity index (χ4n) is 7.41. The van der Waals surface area contributed by atoms with E-state index in [0.717, 1.165) is 48.2 Å². The number of H-pyrrole nitrogens is 1. The van der Waals surface area contributed by atoms with Crippen molar-refractivity contribution in [2.24, 2.45) is 5.92 Å². The third-order valence-electron chi connectivity index (χ3n) is 9.50. The fraction of sp³-hybridized carbons (Fsp3) is 0.594. The number of likely N-dealkylation sites (tertiary alicyclic amines) is 1. The van der Waals surface area contributed by atoms with Gasteiger partial charge in [-0.25, -0.2) is 4.79 Å². The first-order chi connectivity index (χ1) is 19.2. The number of aryl methyl sites for hydroxylation is 2. The summed E-state index contributed by atoms with van der Waals surface area (Å²) in [4.78, 5) is 46.9. The van der Waals surface area contributed by atoms with Crippen molar-refractivity contribution in [3.63, 3.8) is 0 Å². The number of carbonyl (C=O) groups is 3. The lowest BCUT2D eigenvalue weighted by atomic mass is 9.78. The van der Waals surface area contributed by atoms with Crippen LogP contribution in [0.2, 0.25) is 0 Å². The van der Waals surface area contributed by atoms with Crippen LogP contribution < -0.4 is 5.32 Å². The van der Waals surface area contributed by atoms with Gasteiger partial charge >= 0.3 is 5.97 Å². The van der Waals surface area contributed by atoms with Crippen molar-refractivity contribution in [1.82, 2.24) is 20.1 Å². The Morgan fingerprint density at radius 3 is 2.33 bits per heavy atom. The topological polar surface area (TPSA) is 106 Å². The summed E-state index contributed by atoms with van der Waals surface area (Å²) in [6.45, 7) is 8.09. The average Bonchev–Trinajstić information content (AvgIpc) is 3.28. The van der Waals surface area contributed by atoms with E-state index < -0.39 is 17.6 Å². The second-order valence-electron chi connectivity index (χ2n) is 12.2. The van der Waals surface area contributed by atoms with Crippen LogP contribution in [-0.4, -0.2) is 68.9 Å². The number of piperidine rings is 1. The van der Waals surface area contributed by atoms with Gasteiger partial charge in [-0.05, 0) is 74.8 Å². The summed E-state index contributed by atoms with van der Waals surface area (Å²) in [6, 6.07) is 8.79. The van der Waals surface area contributed by atoms with Gasteiger partial charge in [0.25, 0.3) is 0 Å². The highest BCUT2D eigenvalue weighted by Crippen LogP contribution is 2.40. The standard InChI is InChI=1S/C32H44N4O4/c1-4-16-36-29(37)27(20-23-8-6-5-7-9-23)34-31(40)32(36)14-17-35(18-15-32)28(26-19-21(2)33-22(26)3)24-10-12-25(13-11-24)30(38)39/h10-13,19,23,27-28,33H,4-9,14-18,20H2,1-3H3,(H,34,40)(H,38,39). The molecule has 1 aromatic heterocycles. The smallest absolute Gasteiger partial charge is 0.335 e. The van der Waals surface area contributed by atoms with Gasteiger partial charge in [0.15, 0.2) is 0 Å². The number of aromatic amines is 1. The van der Waals surface area contributed by atoms with Gasteiger partial charge in [-0.15, -0.1) is 0 Å². The van der Waals surface area contributed by atoms with Crippen molar-refractivity contribution < 1.29 is 19.5 Å². The zero-order valence-corrected chi connectivity index (χ0v) is 24.2. The lowest BCUT2D eigenvalue weighted by Crippen LogP contribution is -2.73. The highest BCUT2D eigenvalue weighted by molar-refractivity contribution is 6.00. The summed E-state index contributed by atoms with van der Waals surface area (Å²) >= 11 is 0. The molecule has 1 aliphatic carbocycles. The Hall–Kier alpha value is -3.13. The van der Waals surface area contributed by atoms with Gasteiger partial charge in [0.2, 0.25) is 11.8 Å². The molecule has 3 aliphatic rings. The number of aromatic carboxylic acids is 1. The third kappa shape index (κ3) is 5.42. The fourth-order valence-corrected chi connectivity index (χ4v) is 7.41. The highest BCUT2D eigenvalue weighted by Gasteiger charge is 2.54. The quantitative estimate of drug-likeness (QED) is 0.432. The van der Waals surface area contributed by atoms with Crippen molar-refractivity contribution in [2.75, 3.05) is 19.6 Å². The maximum atomic E-state index is 13.8. The van der Waals surface area contributed by atoms with Gasteiger partial charge in [-0.3, -0.25) is 14.5 Å². The minimum absolute atomic E-state index is 0.0111. The van der Waals surface area contributed by atoms with Crippen LogP contribution in [0.25, 0.3) is 0 Å². The number of carbonyl (C=O) groups excluding carboxylic acids is 2. The van der Waals surface area contributed by atoms with E-state index in [1.54, 1.807) is 12.1 Å². The van der Waals surface area contributed by atoms with Gasteiger partial charge in [0.05, 0.1) is 11.6 Å². The molecular weight excluding hydrogens is 504 g/mol. The molecule has 8 nitrogen and oxygen atoms in total. The predicted octanol–water partition coefficient (Wildman–Crippen LogP) is 4.96. The van der Waals surface area contributed by atoms with Crippen LogP contribution in [0.3, 0.4) is 0 Å². The summed E-state index contributed by atoms with van der Waals surface area (Å²) in [7, 11) is 0. The summed E-state index contributed by atoms with van der Waals surface area (Å²) in [5.74, 6) is -0.318. The molecule has 2 aliphatic heterocycles. The normalized spacial score (nSPS) is 22.9. The van der Waals surface area contributed by atoms with Crippen LogP contribution in [0.5, 0.6) is 0 Å². The zero-order chi connectivity index (χ0) is 28.4. The van der Waals surface area contributed by atoms with Crippen LogP contribution >= 0.6 is 0 Å². The Labute approximate surface area is 237 Å². The Morgan fingerprint density at radius 2 is 1.75 bits per heavy atom. The number of hydrogen-bond donors (Lipinski definition) is 3. The zero-order valence-electron chi connectivity index (χ0n) is 24.2. The van der Waals surface area contributed by atoms with E-state index in [1.165, 1.54) is 19.3 Å². The number of amides is 2. The largest absolute Gasteiger partial charge is 0.478 e. The molecule has 3 N–H and O–H groups in total. The lowest BCUT2D eigenvalue weighted by Gasteiger charge is -2.53. The Balaban J connectivity index is 1.38. The average molecular weight is 549 g/mol. The van der Waals surface area contributed by atoms with E-state index in [0.29, 0.717) is 38.4 Å². The SMILES string of the molecule is CCCN1C(=O)C(CC2CCCCC2)NC(=O)C12CCN(C(c1ccc(C(=O)O)cc1)c1cc(C)[nH]c1C)CC2. The molecule has 2 atom stereocenters. The summed E-state index contributed by atoms with van der Waals surface area (Å²) in [6.07, 6.45) is 8.75. The number of rotatable bonds is 8. The second kappa shape index (κ2) is 11.8. The minimum atomic E-state index is -0.942. The molecule has 1 aromatic carbocycles. The molecule has 2 aromatic rings. The van der Waals surface area contributed by atoms with Crippen LogP contribution in [-0.2, 0) is 9.59 Å². The summed E-state index contributed by atoms with van der Waals surface area (Å²) < 4.78 is 0. The van der Waals surface area contributed by atoms with Crippen LogP contribution in [0, 0.1) is 19.8 Å². The number of aromatic nitrogens is 1. The first-order valence-electron chi connectivity index (χ1n) is 15.1. The number of carboxylic acids is 1. The van der Waals surface area contributed by atoms with Gasteiger partial charge < -0.3 is 20.3 Å². The number of nitrogens with one attached hydrogen (secondary N) is 2. The van der Waals surface area contributed by atoms with E-state index in [-0.39, 0.29) is 23.4 Å². The van der Waals surface area contributed by atoms with Gasteiger partial charge in [0.1, 0.15) is 11.6 Å². The van der Waals surface area contributed by atoms with Crippen molar-refractivity contribution in [1.29, 1.82) is 0 Å². The third-order valence-corrected chi connectivity index (χ3v) is 9.50. The summed E-state index contributed by atoms with van der Waals surface area (Å²) in [5.41, 5.74) is 3.77. The second-order valence-corrected chi connectivity index (χ2v) is 12.2. The first kappa shape index (κ1) is 28.4. The maximum absolute atomic E-state index is 13.8. The molecule has 40 heavy (non-hydrogen) atoms. The van der Waals surface area contributed by atoms with E-state index in [4.69, 9.17) is 0 Å². The molecule has 2 amide bonds. The minimum Gasteiger partial charge on any atom is -0.478 e. The number of hydrogen-bond acceptors (Lipinski definition) is 4. The van der Waals surface area contributed by atoms with Crippen LogP contribution in [0.1, 0.15) is 104 Å². The molecular formula is C32H44N4O4. The van der Waals surface area contributed by atoms with Crippen molar-refractivity contribution in [3.05, 3.63) is 58.4 Å². The number of carboxylic acid groups (broad SMARTS) is 1. The molecule has 3 heterocycles. The van der Waals surface area contributed by atoms with Crippen LogP contribution in [0.4, 0.5) is 0 Å².